The zero-order chi connectivity index (χ0) is 15.3. The molecule has 0 aliphatic heterocycles. The van der Waals surface area contributed by atoms with Crippen molar-refractivity contribution in [3.8, 4) is 6.07 Å². The lowest BCUT2D eigenvalue weighted by Gasteiger charge is -2.22. The highest BCUT2D eigenvalue weighted by atomic mass is 35.5. The van der Waals surface area contributed by atoms with Gasteiger partial charge in [-0.05, 0) is 51.6 Å². The molecule has 0 unspecified atom stereocenters. The molecule has 20 heavy (non-hydrogen) atoms. The summed E-state index contributed by atoms with van der Waals surface area (Å²) in [6.45, 7) is 6.15. The number of esters is 1. The van der Waals surface area contributed by atoms with E-state index in [9.17, 15) is 4.79 Å². The molecule has 0 saturated heterocycles. The van der Waals surface area contributed by atoms with Crippen LogP contribution < -0.4 is 0 Å². The molecule has 0 aromatic heterocycles. The smallest absolute Gasteiger partial charge is 0.320 e. The Kier molecular flexibility index (Phi) is 5.55. The van der Waals surface area contributed by atoms with Gasteiger partial charge in [0.15, 0.2) is 0 Å². The first-order valence-electron chi connectivity index (χ1n) is 6.30. The van der Waals surface area contributed by atoms with Crippen molar-refractivity contribution in [1.82, 2.24) is 4.90 Å². The lowest BCUT2D eigenvalue weighted by molar-refractivity contribution is -0.155. The fraction of sp³-hybridized carbons (Fsp3) is 0.467. The summed E-state index contributed by atoms with van der Waals surface area (Å²) >= 11 is 6.09. The first kappa shape index (κ1) is 16.5. The third kappa shape index (κ3) is 5.60. The highest BCUT2D eigenvalue weighted by Crippen LogP contribution is 2.19. The van der Waals surface area contributed by atoms with Crippen LogP contribution in [0.5, 0.6) is 0 Å². The second-order valence-electron chi connectivity index (χ2n) is 5.68. The van der Waals surface area contributed by atoms with Crippen molar-refractivity contribution in [3.63, 3.8) is 0 Å². The second kappa shape index (κ2) is 6.74. The van der Waals surface area contributed by atoms with E-state index in [0.717, 1.165) is 5.56 Å². The van der Waals surface area contributed by atoms with Crippen LogP contribution in [0.4, 0.5) is 0 Å². The van der Waals surface area contributed by atoms with Crippen molar-refractivity contribution in [2.75, 3.05) is 13.6 Å². The highest BCUT2D eigenvalue weighted by molar-refractivity contribution is 6.31. The molecular formula is C15H19ClN2O2. The zero-order valence-corrected chi connectivity index (χ0v) is 13.0. The van der Waals surface area contributed by atoms with Crippen LogP contribution in [0.15, 0.2) is 18.2 Å². The molecule has 0 aliphatic carbocycles. The number of carbonyl (C=O) groups is 1. The third-order valence-electron chi connectivity index (χ3n) is 2.43. The van der Waals surface area contributed by atoms with E-state index in [1.165, 1.54) is 0 Å². The van der Waals surface area contributed by atoms with Crippen LogP contribution in [0.25, 0.3) is 0 Å². The number of nitrogens with zero attached hydrogens (tertiary/aromatic N) is 2. The van der Waals surface area contributed by atoms with Crippen LogP contribution in [0, 0.1) is 11.3 Å². The molecule has 1 aromatic rings. The van der Waals surface area contributed by atoms with Gasteiger partial charge >= 0.3 is 5.97 Å². The van der Waals surface area contributed by atoms with Gasteiger partial charge in [-0.25, -0.2) is 0 Å². The molecule has 4 nitrogen and oxygen atoms in total. The number of hydrogen-bond donors (Lipinski definition) is 0. The standard InChI is InChI=1S/C15H19ClN2O2/c1-15(2,3)20-14(19)10-18(4)9-12-7-11(8-17)5-6-13(12)16/h5-7H,9-10H2,1-4H3. The van der Waals surface area contributed by atoms with Crippen LogP contribution in [-0.2, 0) is 16.1 Å². The van der Waals surface area contributed by atoms with Crippen LogP contribution >= 0.6 is 11.6 Å². The maximum Gasteiger partial charge on any atom is 0.320 e. The second-order valence-corrected chi connectivity index (χ2v) is 6.08. The van der Waals surface area contributed by atoms with Gasteiger partial charge in [-0.2, -0.15) is 5.26 Å². The van der Waals surface area contributed by atoms with Crippen LogP contribution in [-0.4, -0.2) is 30.1 Å². The molecule has 0 heterocycles. The molecule has 0 N–H and O–H groups in total. The first-order valence-corrected chi connectivity index (χ1v) is 6.68. The monoisotopic (exact) mass is 294 g/mol. The molecule has 0 fully saturated rings. The van der Waals surface area contributed by atoms with Gasteiger partial charge in [0.05, 0.1) is 18.2 Å². The van der Waals surface area contributed by atoms with E-state index in [4.69, 9.17) is 21.6 Å². The summed E-state index contributed by atoms with van der Waals surface area (Å²) in [5.41, 5.74) is 0.878. The largest absolute Gasteiger partial charge is 0.459 e. The summed E-state index contributed by atoms with van der Waals surface area (Å²) in [4.78, 5) is 13.5. The van der Waals surface area contributed by atoms with Gasteiger partial charge in [-0.3, -0.25) is 9.69 Å². The topological polar surface area (TPSA) is 53.3 Å². The van der Waals surface area contributed by atoms with Gasteiger partial charge in [-0.15, -0.1) is 0 Å². The van der Waals surface area contributed by atoms with Gasteiger partial charge in [0.1, 0.15) is 5.60 Å². The third-order valence-corrected chi connectivity index (χ3v) is 2.80. The molecule has 0 atom stereocenters. The first-order chi connectivity index (χ1) is 9.21. The van der Waals surface area contributed by atoms with E-state index in [0.29, 0.717) is 17.1 Å². The van der Waals surface area contributed by atoms with E-state index in [1.54, 1.807) is 30.1 Å². The lowest BCUT2D eigenvalue weighted by Crippen LogP contribution is -2.32. The normalized spacial score (nSPS) is 11.2. The van der Waals surface area contributed by atoms with Gasteiger partial charge < -0.3 is 4.74 Å². The Balaban J connectivity index is 2.65. The molecular weight excluding hydrogens is 276 g/mol. The number of carbonyl (C=O) groups excluding carboxylic acids is 1. The van der Waals surface area contributed by atoms with Crippen LogP contribution in [0.1, 0.15) is 31.9 Å². The number of halogens is 1. The Bertz CT molecular complexity index is 530. The SMILES string of the molecule is CN(CC(=O)OC(C)(C)C)Cc1cc(C#N)ccc1Cl. The van der Waals surface area contributed by atoms with Crippen molar-refractivity contribution in [2.24, 2.45) is 0 Å². The number of hydrogen-bond acceptors (Lipinski definition) is 4. The van der Waals surface area contributed by atoms with Crippen molar-refractivity contribution in [3.05, 3.63) is 34.3 Å². The van der Waals surface area contributed by atoms with Crippen LogP contribution in [0.2, 0.25) is 5.02 Å². The predicted molar refractivity (Wildman–Crippen MR) is 78.3 cm³/mol. The average molecular weight is 295 g/mol. The number of ether oxygens (including phenoxy) is 1. The number of nitriles is 1. The average Bonchev–Trinajstić information content (AvgIpc) is 2.29. The fourth-order valence-corrected chi connectivity index (χ4v) is 1.88. The number of benzene rings is 1. The zero-order valence-electron chi connectivity index (χ0n) is 12.2. The van der Waals surface area contributed by atoms with Gasteiger partial charge in [0.25, 0.3) is 0 Å². The molecule has 0 bridgehead atoms. The minimum Gasteiger partial charge on any atom is -0.459 e. The molecule has 5 heteroatoms. The van der Waals surface area contributed by atoms with E-state index in [2.05, 4.69) is 6.07 Å². The molecule has 0 aliphatic rings. The molecule has 0 amide bonds. The Labute approximate surface area is 124 Å². The van der Waals surface area contributed by atoms with Gasteiger partial charge in [-0.1, -0.05) is 11.6 Å². The maximum absolute atomic E-state index is 11.7. The Morgan fingerprint density at radius 1 is 1.45 bits per heavy atom. The molecule has 108 valence electrons. The summed E-state index contributed by atoms with van der Waals surface area (Å²) in [6, 6.07) is 7.16. The summed E-state index contributed by atoms with van der Waals surface area (Å²) in [6.07, 6.45) is 0. The lowest BCUT2D eigenvalue weighted by atomic mass is 10.1. The summed E-state index contributed by atoms with van der Waals surface area (Å²) < 4.78 is 5.26. The van der Waals surface area contributed by atoms with E-state index >= 15 is 0 Å². The minimum atomic E-state index is -0.490. The Hall–Kier alpha value is -1.57. The summed E-state index contributed by atoms with van der Waals surface area (Å²) in [5, 5.41) is 9.46. The van der Waals surface area contributed by atoms with E-state index in [-0.39, 0.29) is 12.5 Å². The Morgan fingerprint density at radius 2 is 2.10 bits per heavy atom. The molecule has 0 spiro atoms. The minimum absolute atomic E-state index is 0.171. The molecule has 0 saturated carbocycles. The van der Waals surface area contributed by atoms with E-state index < -0.39 is 5.60 Å². The summed E-state index contributed by atoms with van der Waals surface area (Å²) in [5.74, 6) is -0.285. The van der Waals surface area contributed by atoms with Crippen molar-refractivity contribution < 1.29 is 9.53 Å². The summed E-state index contributed by atoms with van der Waals surface area (Å²) in [7, 11) is 1.80. The fourth-order valence-electron chi connectivity index (χ4n) is 1.71. The number of likely N-dealkylation sites (N-methyl/N-ethyl adjacent to an activating group) is 1. The highest BCUT2D eigenvalue weighted by Gasteiger charge is 2.18. The van der Waals surface area contributed by atoms with E-state index in [1.807, 2.05) is 20.8 Å². The number of rotatable bonds is 4. The quantitative estimate of drug-likeness (QED) is 0.801. The van der Waals surface area contributed by atoms with Gasteiger partial charge in [0, 0.05) is 11.6 Å². The maximum atomic E-state index is 11.7. The van der Waals surface area contributed by atoms with Gasteiger partial charge in [0.2, 0.25) is 0 Å². The molecule has 1 rings (SSSR count). The predicted octanol–water partition coefficient (Wildman–Crippen LogP) is 2.99. The van der Waals surface area contributed by atoms with Crippen LogP contribution in [0.3, 0.4) is 0 Å². The Morgan fingerprint density at radius 3 is 2.65 bits per heavy atom. The van der Waals surface area contributed by atoms with Crippen molar-refractivity contribution >= 4 is 17.6 Å². The van der Waals surface area contributed by atoms with Crippen molar-refractivity contribution in [2.45, 2.75) is 32.9 Å². The molecule has 1 aromatic carbocycles. The molecule has 0 radical (unpaired) electrons. The van der Waals surface area contributed by atoms with Crippen molar-refractivity contribution in [1.29, 1.82) is 5.26 Å².